The highest BCUT2D eigenvalue weighted by Crippen LogP contribution is 2.21. The fourth-order valence-corrected chi connectivity index (χ4v) is 2.11. The van der Waals surface area contributed by atoms with Crippen molar-refractivity contribution in [1.29, 1.82) is 0 Å². The summed E-state index contributed by atoms with van der Waals surface area (Å²) >= 11 is 0. The Labute approximate surface area is 129 Å². The molecule has 2 aromatic heterocycles. The summed E-state index contributed by atoms with van der Waals surface area (Å²) in [5.41, 5.74) is 1.16. The summed E-state index contributed by atoms with van der Waals surface area (Å²) in [6.07, 6.45) is 1.14. The van der Waals surface area contributed by atoms with Crippen LogP contribution in [0.4, 0.5) is 0 Å². The van der Waals surface area contributed by atoms with E-state index in [-0.39, 0.29) is 17.4 Å². The number of aromatic amines is 1. The number of nitrogens with zero attached hydrogens (tertiary/aromatic N) is 1. The Morgan fingerprint density at radius 2 is 2.23 bits per heavy atom. The van der Waals surface area contributed by atoms with Gasteiger partial charge in [-0.25, -0.2) is 0 Å². The number of H-pyrrole nitrogens is 1. The van der Waals surface area contributed by atoms with Crippen LogP contribution >= 0.6 is 0 Å². The van der Waals surface area contributed by atoms with Crippen molar-refractivity contribution in [2.24, 2.45) is 0 Å². The zero-order chi connectivity index (χ0) is 16.3. The van der Waals surface area contributed by atoms with E-state index in [4.69, 9.17) is 4.42 Å². The number of carbonyl (C=O) groups is 1. The van der Waals surface area contributed by atoms with E-state index >= 15 is 0 Å². The van der Waals surface area contributed by atoms with Crippen molar-refractivity contribution >= 4 is 5.91 Å². The highest BCUT2D eigenvalue weighted by molar-refractivity contribution is 5.92. The number of aliphatic hydroxyl groups excluding tert-OH is 1. The largest absolute Gasteiger partial charge is 0.467 e. The third kappa shape index (κ3) is 3.98. The molecule has 0 aliphatic rings. The number of nitrogens with one attached hydrogen (secondary N) is 2. The number of aliphatic hydroxyl groups is 1. The Hall–Kier alpha value is -2.08. The molecule has 2 unspecified atom stereocenters. The van der Waals surface area contributed by atoms with Gasteiger partial charge in [-0.15, -0.1) is 0 Å². The minimum Gasteiger partial charge on any atom is -0.467 e. The second-order valence-corrected chi connectivity index (χ2v) is 6.56. The molecule has 22 heavy (non-hydrogen) atoms. The summed E-state index contributed by atoms with van der Waals surface area (Å²) < 4.78 is 5.15. The van der Waals surface area contributed by atoms with Crippen LogP contribution in [0, 0.1) is 0 Å². The number of rotatable bonds is 5. The molecule has 0 radical (unpaired) electrons. The predicted molar refractivity (Wildman–Crippen MR) is 82.5 cm³/mol. The SMILES string of the molecule is CC(CC(O)c1ccco1)NC(=O)c1cc(C(C)(C)C)[nH]n1. The van der Waals surface area contributed by atoms with E-state index in [1.54, 1.807) is 18.2 Å². The van der Waals surface area contributed by atoms with E-state index < -0.39 is 6.10 Å². The van der Waals surface area contributed by atoms with Gasteiger partial charge in [0.25, 0.3) is 5.91 Å². The molecule has 3 N–H and O–H groups in total. The van der Waals surface area contributed by atoms with Crippen LogP contribution in [0.1, 0.15) is 62.2 Å². The molecule has 0 fully saturated rings. The minimum absolute atomic E-state index is 0.0906. The smallest absolute Gasteiger partial charge is 0.271 e. The van der Waals surface area contributed by atoms with E-state index in [0.29, 0.717) is 17.9 Å². The number of carbonyl (C=O) groups excluding carboxylic acids is 1. The van der Waals surface area contributed by atoms with E-state index in [9.17, 15) is 9.90 Å². The molecule has 2 aromatic rings. The number of furan rings is 1. The van der Waals surface area contributed by atoms with Crippen LogP contribution in [0.15, 0.2) is 28.9 Å². The zero-order valence-corrected chi connectivity index (χ0v) is 13.4. The van der Waals surface area contributed by atoms with Crippen LogP contribution in [0.2, 0.25) is 0 Å². The Morgan fingerprint density at radius 1 is 1.50 bits per heavy atom. The molecule has 1 amide bonds. The van der Waals surface area contributed by atoms with Crippen LogP contribution in [0.5, 0.6) is 0 Å². The van der Waals surface area contributed by atoms with E-state index in [2.05, 4.69) is 15.5 Å². The first-order valence-electron chi connectivity index (χ1n) is 7.35. The van der Waals surface area contributed by atoms with Gasteiger partial charge >= 0.3 is 0 Å². The van der Waals surface area contributed by atoms with Gasteiger partial charge in [0.1, 0.15) is 17.6 Å². The Bertz CT molecular complexity index is 611. The topological polar surface area (TPSA) is 91.2 Å². The fraction of sp³-hybridized carbons (Fsp3) is 0.500. The van der Waals surface area contributed by atoms with Gasteiger partial charge in [-0.3, -0.25) is 9.89 Å². The van der Waals surface area contributed by atoms with E-state index in [1.807, 2.05) is 27.7 Å². The zero-order valence-electron chi connectivity index (χ0n) is 13.4. The molecular weight excluding hydrogens is 282 g/mol. The molecule has 0 bridgehead atoms. The van der Waals surface area contributed by atoms with Crippen molar-refractivity contribution < 1.29 is 14.3 Å². The lowest BCUT2D eigenvalue weighted by atomic mass is 9.92. The van der Waals surface area contributed by atoms with Gasteiger partial charge in [-0.05, 0) is 25.1 Å². The monoisotopic (exact) mass is 305 g/mol. The third-order valence-electron chi connectivity index (χ3n) is 3.44. The fourth-order valence-electron chi connectivity index (χ4n) is 2.11. The van der Waals surface area contributed by atoms with E-state index in [0.717, 1.165) is 5.69 Å². The lowest BCUT2D eigenvalue weighted by Crippen LogP contribution is -2.34. The summed E-state index contributed by atoms with van der Waals surface area (Å²) in [5.74, 6) is 0.238. The second-order valence-electron chi connectivity index (χ2n) is 6.56. The Balaban J connectivity index is 1.92. The van der Waals surface area contributed by atoms with Crippen LogP contribution < -0.4 is 5.32 Å². The van der Waals surface area contributed by atoms with Crippen LogP contribution in [0.3, 0.4) is 0 Å². The summed E-state index contributed by atoms with van der Waals surface area (Å²) in [7, 11) is 0. The highest BCUT2D eigenvalue weighted by Gasteiger charge is 2.21. The molecule has 2 rings (SSSR count). The van der Waals surface area contributed by atoms with Gasteiger partial charge in [0, 0.05) is 23.6 Å². The molecule has 0 saturated heterocycles. The maximum absolute atomic E-state index is 12.2. The first kappa shape index (κ1) is 16.3. The van der Waals surface area contributed by atoms with Crippen LogP contribution in [-0.2, 0) is 5.41 Å². The van der Waals surface area contributed by atoms with Crippen molar-refractivity contribution in [2.45, 2.75) is 51.7 Å². The molecule has 2 heterocycles. The lowest BCUT2D eigenvalue weighted by molar-refractivity contribution is 0.0898. The quantitative estimate of drug-likeness (QED) is 0.791. The number of hydrogen-bond donors (Lipinski definition) is 3. The van der Waals surface area contributed by atoms with Gasteiger partial charge in [-0.2, -0.15) is 5.10 Å². The van der Waals surface area contributed by atoms with Gasteiger partial charge in [0.05, 0.1) is 6.26 Å². The van der Waals surface area contributed by atoms with Crippen molar-refractivity contribution in [3.63, 3.8) is 0 Å². The molecule has 0 saturated carbocycles. The van der Waals surface area contributed by atoms with Crippen LogP contribution in [-0.4, -0.2) is 27.3 Å². The molecule has 120 valence electrons. The average molecular weight is 305 g/mol. The van der Waals surface area contributed by atoms with Crippen molar-refractivity contribution in [3.8, 4) is 0 Å². The van der Waals surface area contributed by atoms with Gasteiger partial charge in [-0.1, -0.05) is 20.8 Å². The second kappa shape index (κ2) is 6.36. The minimum atomic E-state index is -0.741. The molecule has 2 atom stereocenters. The summed E-state index contributed by atoms with van der Waals surface area (Å²) in [5, 5.41) is 19.8. The summed E-state index contributed by atoms with van der Waals surface area (Å²) in [4.78, 5) is 12.2. The van der Waals surface area contributed by atoms with Crippen molar-refractivity contribution in [2.75, 3.05) is 0 Å². The first-order chi connectivity index (χ1) is 10.3. The average Bonchev–Trinajstić information content (AvgIpc) is 3.09. The van der Waals surface area contributed by atoms with Gasteiger partial charge in [0.2, 0.25) is 0 Å². The van der Waals surface area contributed by atoms with E-state index in [1.165, 1.54) is 6.26 Å². The summed E-state index contributed by atoms with van der Waals surface area (Å²) in [6.45, 7) is 7.97. The third-order valence-corrected chi connectivity index (χ3v) is 3.44. The number of aromatic nitrogens is 2. The molecular formula is C16H23N3O3. The van der Waals surface area contributed by atoms with Crippen molar-refractivity contribution in [1.82, 2.24) is 15.5 Å². The Kier molecular flexibility index (Phi) is 4.71. The normalized spacial score (nSPS) is 14.6. The lowest BCUT2D eigenvalue weighted by Gasteiger charge is -2.16. The highest BCUT2D eigenvalue weighted by atomic mass is 16.4. The number of hydrogen-bond acceptors (Lipinski definition) is 4. The molecule has 6 nitrogen and oxygen atoms in total. The van der Waals surface area contributed by atoms with Crippen LogP contribution in [0.25, 0.3) is 0 Å². The van der Waals surface area contributed by atoms with Crippen molar-refractivity contribution in [3.05, 3.63) is 41.6 Å². The maximum Gasteiger partial charge on any atom is 0.271 e. The summed E-state index contributed by atoms with van der Waals surface area (Å²) in [6, 6.07) is 4.98. The standard InChI is InChI=1S/C16H23N3O3/c1-10(8-12(20)13-6-5-7-22-13)17-15(21)11-9-14(19-18-11)16(2,3)4/h5-7,9-10,12,20H,8H2,1-4H3,(H,17,21)(H,18,19). The molecule has 0 spiro atoms. The first-order valence-corrected chi connectivity index (χ1v) is 7.35. The predicted octanol–water partition coefficient (Wildman–Crippen LogP) is 2.54. The molecule has 0 aliphatic carbocycles. The van der Waals surface area contributed by atoms with Gasteiger partial charge in [0.15, 0.2) is 0 Å². The molecule has 6 heteroatoms. The Morgan fingerprint density at radius 3 is 2.77 bits per heavy atom. The van der Waals surface area contributed by atoms with Gasteiger partial charge < -0.3 is 14.8 Å². The molecule has 0 aromatic carbocycles. The molecule has 0 aliphatic heterocycles. The maximum atomic E-state index is 12.2. The number of amides is 1.